The van der Waals surface area contributed by atoms with Crippen LogP contribution in [0.25, 0.3) is 10.9 Å². The average Bonchev–Trinajstić information content (AvgIpc) is 2.82. The first kappa shape index (κ1) is 21.7. The molecule has 4 rings (SSSR count). The van der Waals surface area contributed by atoms with Crippen molar-refractivity contribution in [1.82, 2.24) is 19.7 Å². The molecule has 8 nitrogen and oxygen atoms in total. The van der Waals surface area contributed by atoms with Crippen LogP contribution in [0, 0.1) is 0 Å². The van der Waals surface area contributed by atoms with Crippen LogP contribution < -0.4 is 0 Å². The molecule has 1 aromatic carbocycles. The highest BCUT2D eigenvalue weighted by molar-refractivity contribution is 6.06. The van der Waals surface area contributed by atoms with Crippen LogP contribution in [0.15, 0.2) is 30.3 Å². The Labute approximate surface area is 182 Å². The van der Waals surface area contributed by atoms with Gasteiger partial charge in [0, 0.05) is 45.2 Å². The number of piperazine rings is 1. The summed E-state index contributed by atoms with van der Waals surface area (Å²) in [5.74, 6) is 0.0708. The van der Waals surface area contributed by atoms with Crippen molar-refractivity contribution in [2.75, 3.05) is 66.6 Å². The van der Waals surface area contributed by atoms with Gasteiger partial charge >= 0.3 is 0 Å². The number of hydrogen-bond acceptors (Lipinski definition) is 6. The standard InChI is InChI=1S/C23H30N4O4/c1-25-8-10-26(11-9-25)23(29)18-15-20(24-19-6-4-3-5-17(18)19)21-16-27(12-14-31-21)22(28)7-13-30-2/h3-6,15,21H,7-14,16H2,1-2H3. The lowest BCUT2D eigenvalue weighted by Gasteiger charge is -2.34. The highest BCUT2D eigenvalue weighted by Crippen LogP contribution is 2.27. The number of carbonyl (C=O) groups excluding carboxylic acids is 2. The topological polar surface area (TPSA) is 75.2 Å². The number of benzene rings is 1. The summed E-state index contributed by atoms with van der Waals surface area (Å²) in [5, 5.41) is 0.846. The van der Waals surface area contributed by atoms with E-state index in [2.05, 4.69) is 11.9 Å². The minimum absolute atomic E-state index is 0.0248. The van der Waals surface area contributed by atoms with Crippen molar-refractivity contribution >= 4 is 22.7 Å². The fourth-order valence-corrected chi connectivity index (χ4v) is 4.12. The first-order valence-electron chi connectivity index (χ1n) is 10.8. The quantitative estimate of drug-likeness (QED) is 0.722. The minimum Gasteiger partial charge on any atom is -0.384 e. The molecule has 2 aromatic rings. The molecule has 0 bridgehead atoms. The van der Waals surface area contributed by atoms with Crippen LogP contribution in [0.5, 0.6) is 0 Å². The molecule has 2 aliphatic rings. The summed E-state index contributed by atoms with van der Waals surface area (Å²) < 4.78 is 11.0. The molecule has 0 saturated carbocycles. The SMILES string of the molecule is COCCC(=O)N1CCOC(c2cc(C(=O)N3CCN(C)CC3)c3ccccc3n2)C1. The third-order valence-electron chi connectivity index (χ3n) is 6.03. The molecule has 166 valence electrons. The highest BCUT2D eigenvalue weighted by atomic mass is 16.5. The summed E-state index contributed by atoms with van der Waals surface area (Å²) >= 11 is 0. The number of pyridine rings is 1. The Hall–Kier alpha value is -2.55. The van der Waals surface area contributed by atoms with Crippen LogP contribution in [-0.4, -0.2) is 98.1 Å². The number of likely N-dealkylation sites (N-methyl/N-ethyl adjacent to an activating group) is 1. The summed E-state index contributed by atoms with van der Waals surface area (Å²) in [6.07, 6.45) is -0.00879. The van der Waals surface area contributed by atoms with E-state index in [4.69, 9.17) is 14.5 Å². The molecule has 1 atom stereocenters. The van der Waals surface area contributed by atoms with Gasteiger partial charge in [-0.3, -0.25) is 9.59 Å². The molecule has 0 spiro atoms. The van der Waals surface area contributed by atoms with Crippen LogP contribution in [0.1, 0.15) is 28.6 Å². The van der Waals surface area contributed by atoms with Gasteiger partial charge in [-0.05, 0) is 19.2 Å². The molecule has 2 aliphatic heterocycles. The number of carbonyl (C=O) groups is 2. The second kappa shape index (κ2) is 9.72. The van der Waals surface area contributed by atoms with Crippen molar-refractivity contribution in [3.8, 4) is 0 Å². The Balaban J connectivity index is 1.61. The highest BCUT2D eigenvalue weighted by Gasteiger charge is 2.29. The van der Waals surface area contributed by atoms with E-state index in [1.807, 2.05) is 35.2 Å². The van der Waals surface area contributed by atoms with E-state index < -0.39 is 0 Å². The molecular weight excluding hydrogens is 396 g/mol. The van der Waals surface area contributed by atoms with E-state index in [9.17, 15) is 9.59 Å². The van der Waals surface area contributed by atoms with E-state index in [1.54, 1.807) is 12.0 Å². The molecule has 2 amide bonds. The third-order valence-corrected chi connectivity index (χ3v) is 6.03. The van der Waals surface area contributed by atoms with Gasteiger partial charge in [-0.15, -0.1) is 0 Å². The van der Waals surface area contributed by atoms with Crippen LogP contribution in [0.4, 0.5) is 0 Å². The minimum atomic E-state index is -0.358. The number of fused-ring (bicyclic) bond motifs is 1. The monoisotopic (exact) mass is 426 g/mol. The second-order valence-corrected chi connectivity index (χ2v) is 8.15. The predicted octanol–water partition coefficient (Wildman–Crippen LogP) is 1.56. The molecule has 8 heteroatoms. The smallest absolute Gasteiger partial charge is 0.254 e. The maximum absolute atomic E-state index is 13.4. The molecule has 31 heavy (non-hydrogen) atoms. The predicted molar refractivity (Wildman–Crippen MR) is 117 cm³/mol. The number of rotatable bonds is 5. The van der Waals surface area contributed by atoms with E-state index in [0.717, 1.165) is 24.0 Å². The van der Waals surface area contributed by atoms with Gasteiger partial charge in [0.05, 0.1) is 43.0 Å². The number of aromatic nitrogens is 1. The molecule has 1 aromatic heterocycles. The van der Waals surface area contributed by atoms with Gasteiger partial charge in [-0.25, -0.2) is 4.98 Å². The molecule has 3 heterocycles. The number of hydrogen-bond donors (Lipinski definition) is 0. The van der Waals surface area contributed by atoms with Gasteiger partial charge in [-0.2, -0.15) is 0 Å². The Morgan fingerprint density at radius 3 is 2.68 bits per heavy atom. The lowest BCUT2D eigenvalue weighted by molar-refractivity contribution is -0.140. The third kappa shape index (κ3) is 4.87. The number of nitrogens with zero attached hydrogens (tertiary/aromatic N) is 4. The van der Waals surface area contributed by atoms with E-state index in [0.29, 0.717) is 57.1 Å². The first-order chi connectivity index (χ1) is 15.1. The number of amides is 2. The fourth-order valence-electron chi connectivity index (χ4n) is 4.12. The molecule has 0 radical (unpaired) electrons. The van der Waals surface area contributed by atoms with E-state index >= 15 is 0 Å². The molecular formula is C23H30N4O4. The van der Waals surface area contributed by atoms with Crippen LogP contribution >= 0.6 is 0 Å². The van der Waals surface area contributed by atoms with Crippen LogP contribution in [-0.2, 0) is 14.3 Å². The molecule has 0 aliphatic carbocycles. The number of morpholine rings is 1. The maximum Gasteiger partial charge on any atom is 0.254 e. The molecule has 1 unspecified atom stereocenters. The van der Waals surface area contributed by atoms with Gasteiger partial charge < -0.3 is 24.2 Å². The van der Waals surface area contributed by atoms with Crippen molar-refractivity contribution in [2.45, 2.75) is 12.5 Å². The Morgan fingerprint density at radius 1 is 1.13 bits per heavy atom. The Bertz CT molecular complexity index is 942. The number of ether oxygens (including phenoxy) is 2. The number of methoxy groups -OCH3 is 1. The first-order valence-corrected chi connectivity index (χ1v) is 10.8. The largest absolute Gasteiger partial charge is 0.384 e. The summed E-state index contributed by atoms with van der Waals surface area (Å²) in [4.78, 5) is 36.6. The molecule has 2 fully saturated rings. The normalized spacial score (nSPS) is 20.3. The van der Waals surface area contributed by atoms with E-state index in [1.165, 1.54) is 0 Å². The second-order valence-electron chi connectivity index (χ2n) is 8.15. The summed E-state index contributed by atoms with van der Waals surface area (Å²) in [7, 11) is 3.66. The molecule has 0 N–H and O–H groups in total. The zero-order chi connectivity index (χ0) is 21.8. The maximum atomic E-state index is 13.4. The van der Waals surface area contributed by atoms with Crippen molar-refractivity contribution in [3.05, 3.63) is 41.6 Å². The van der Waals surface area contributed by atoms with Crippen molar-refractivity contribution in [3.63, 3.8) is 0 Å². The average molecular weight is 427 g/mol. The van der Waals surface area contributed by atoms with Crippen molar-refractivity contribution < 1.29 is 19.1 Å². The van der Waals surface area contributed by atoms with Crippen LogP contribution in [0.2, 0.25) is 0 Å². The van der Waals surface area contributed by atoms with Gasteiger partial charge in [0.25, 0.3) is 5.91 Å². The van der Waals surface area contributed by atoms with Gasteiger partial charge in [0.15, 0.2) is 0 Å². The van der Waals surface area contributed by atoms with Gasteiger partial charge in [-0.1, -0.05) is 18.2 Å². The van der Waals surface area contributed by atoms with Crippen LogP contribution in [0.3, 0.4) is 0 Å². The summed E-state index contributed by atoms with van der Waals surface area (Å²) in [6.45, 7) is 4.98. The van der Waals surface area contributed by atoms with Crippen molar-refractivity contribution in [2.24, 2.45) is 0 Å². The van der Waals surface area contributed by atoms with Crippen molar-refractivity contribution in [1.29, 1.82) is 0 Å². The summed E-state index contributed by atoms with van der Waals surface area (Å²) in [6, 6.07) is 9.57. The Morgan fingerprint density at radius 2 is 1.90 bits per heavy atom. The zero-order valence-electron chi connectivity index (χ0n) is 18.2. The molecule has 2 saturated heterocycles. The van der Waals surface area contributed by atoms with E-state index in [-0.39, 0.29) is 17.9 Å². The lowest BCUT2D eigenvalue weighted by atomic mass is 10.0. The lowest BCUT2D eigenvalue weighted by Crippen LogP contribution is -2.47. The summed E-state index contributed by atoms with van der Waals surface area (Å²) in [5.41, 5.74) is 2.11. The Kier molecular flexibility index (Phi) is 6.80. The fraction of sp³-hybridized carbons (Fsp3) is 0.522. The number of para-hydroxylation sites is 1. The zero-order valence-corrected chi connectivity index (χ0v) is 18.2. The van der Waals surface area contributed by atoms with Gasteiger partial charge in [0.1, 0.15) is 6.10 Å². The van der Waals surface area contributed by atoms with Gasteiger partial charge in [0.2, 0.25) is 5.91 Å².